The maximum Gasteiger partial charge on any atom is 0.344 e. The molecule has 0 spiro atoms. The van der Waals surface area contributed by atoms with E-state index in [-0.39, 0.29) is 16.7 Å². The molecular formula is C14H14N6O6S3. The zero-order valence-electron chi connectivity index (χ0n) is 14.7. The van der Waals surface area contributed by atoms with Crippen molar-refractivity contribution in [2.45, 2.75) is 18.3 Å². The van der Waals surface area contributed by atoms with Crippen LogP contribution in [-0.4, -0.2) is 71.8 Å². The van der Waals surface area contributed by atoms with Gasteiger partial charge in [-0.25, -0.2) is 4.79 Å². The van der Waals surface area contributed by atoms with Gasteiger partial charge in [-0.1, -0.05) is 17.8 Å². The van der Waals surface area contributed by atoms with Gasteiger partial charge < -0.3 is 21.0 Å². The minimum absolute atomic E-state index is 0.0602. The van der Waals surface area contributed by atoms with Crippen molar-refractivity contribution in [1.29, 1.82) is 0 Å². The fourth-order valence-corrected chi connectivity index (χ4v) is 4.68. The van der Waals surface area contributed by atoms with Gasteiger partial charge in [0.05, 0.1) is 5.70 Å². The van der Waals surface area contributed by atoms with E-state index >= 15 is 0 Å². The Labute approximate surface area is 177 Å². The van der Waals surface area contributed by atoms with Crippen molar-refractivity contribution in [2.75, 3.05) is 18.1 Å². The maximum absolute atomic E-state index is 12.7. The van der Waals surface area contributed by atoms with Crippen LogP contribution < -0.4 is 11.1 Å². The molecule has 1 saturated heterocycles. The number of hydrogen-bond donors (Lipinski definition) is 4. The van der Waals surface area contributed by atoms with Crippen LogP contribution in [0.1, 0.15) is 12.7 Å². The number of carbonyl (C=O) groups is 4. The first-order valence-electron chi connectivity index (χ1n) is 7.90. The third kappa shape index (κ3) is 4.20. The van der Waals surface area contributed by atoms with E-state index in [1.807, 2.05) is 0 Å². The van der Waals surface area contributed by atoms with Crippen LogP contribution in [0.3, 0.4) is 0 Å². The molecule has 12 nitrogen and oxygen atoms in total. The van der Waals surface area contributed by atoms with Gasteiger partial charge >= 0.3 is 5.97 Å². The number of fused-ring (bicyclic) bond motifs is 1. The molecule has 0 saturated carbocycles. The highest BCUT2D eigenvalue weighted by Crippen LogP contribution is 2.40. The fourth-order valence-electron chi connectivity index (χ4n) is 2.65. The van der Waals surface area contributed by atoms with Crippen LogP contribution in [0.15, 0.2) is 16.4 Å². The molecule has 3 heterocycles. The number of hydrogen-bond acceptors (Lipinski definition) is 11. The molecule has 1 aromatic heterocycles. The van der Waals surface area contributed by atoms with Crippen molar-refractivity contribution in [3.8, 4) is 0 Å². The van der Waals surface area contributed by atoms with Gasteiger partial charge in [0.25, 0.3) is 11.8 Å². The topological polar surface area (TPSA) is 177 Å². The zero-order valence-corrected chi connectivity index (χ0v) is 17.2. The van der Waals surface area contributed by atoms with Crippen molar-refractivity contribution in [1.82, 2.24) is 19.6 Å². The standard InChI is InChI=1S/C14H14N6O6S3/c1-4-3-28-12-7(11(24)20(12)8(4)13(25)27)16-10(23)6(18-26-2-5(21)22)9-17-14(15)29-19-9/h7,12H,2-3H2,1H3,(H,16,23)(H,21,22)(H,25,27)(H2,15,17,19)/t7?,12-/m1/s1. The number of amides is 2. The Kier molecular flexibility index (Phi) is 6.09. The second-order valence-corrected chi connectivity index (χ2v) is 8.15. The Hall–Kier alpha value is -2.65. The normalized spacial score (nSPS) is 21.4. The molecule has 2 aliphatic rings. The molecule has 29 heavy (non-hydrogen) atoms. The summed E-state index contributed by atoms with van der Waals surface area (Å²) >= 11 is 6.00. The number of β-lactam (4-membered cyclic amide) rings is 1. The van der Waals surface area contributed by atoms with Crippen molar-refractivity contribution in [3.05, 3.63) is 17.1 Å². The average molecular weight is 459 g/mol. The molecule has 2 aliphatic heterocycles. The molecule has 1 fully saturated rings. The second kappa shape index (κ2) is 8.38. The van der Waals surface area contributed by atoms with E-state index in [0.29, 0.717) is 5.75 Å². The lowest BCUT2D eigenvalue weighted by Gasteiger charge is -2.49. The second-order valence-electron chi connectivity index (χ2n) is 5.86. The van der Waals surface area contributed by atoms with Gasteiger partial charge in [-0.15, -0.1) is 11.8 Å². The monoisotopic (exact) mass is 458 g/mol. The lowest BCUT2D eigenvalue weighted by molar-refractivity contribution is -0.146. The van der Waals surface area contributed by atoms with Crippen LogP contribution in [-0.2, 0) is 24.0 Å². The van der Waals surface area contributed by atoms with E-state index in [1.54, 1.807) is 6.92 Å². The van der Waals surface area contributed by atoms with Gasteiger partial charge in [0, 0.05) is 17.3 Å². The summed E-state index contributed by atoms with van der Waals surface area (Å²) in [7, 11) is 0. The van der Waals surface area contributed by atoms with E-state index in [4.69, 9.17) is 10.8 Å². The minimum Gasteiger partial charge on any atom is -0.479 e. The van der Waals surface area contributed by atoms with E-state index in [0.717, 1.165) is 17.1 Å². The number of aliphatic carboxylic acids is 1. The molecule has 2 atom stereocenters. The van der Waals surface area contributed by atoms with E-state index in [9.17, 15) is 19.2 Å². The van der Waals surface area contributed by atoms with E-state index < -0.39 is 46.6 Å². The smallest absolute Gasteiger partial charge is 0.344 e. The first kappa shape index (κ1) is 21.1. The molecule has 1 unspecified atom stereocenters. The van der Waals surface area contributed by atoms with Crippen molar-refractivity contribution < 1.29 is 29.1 Å². The number of anilines is 1. The predicted octanol–water partition coefficient (Wildman–Crippen LogP) is -0.944. The SMILES string of the molecule is CC1=C(C(=O)S)N2C(=O)C(NC(=O)C(=NOCC(=O)O)c3nsc(N)n3)[C@H]2SC1. The number of nitrogens with zero attached hydrogens (tertiary/aromatic N) is 4. The van der Waals surface area contributed by atoms with Gasteiger partial charge in [-0.05, 0) is 12.5 Å². The molecule has 4 N–H and O–H groups in total. The quantitative estimate of drug-likeness (QED) is 0.172. The summed E-state index contributed by atoms with van der Waals surface area (Å²) in [6.45, 7) is 0.942. The highest BCUT2D eigenvalue weighted by molar-refractivity contribution is 8.00. The minimum atomic E-state index is -1.30. The number of thioether (sulfide) groups is 1. The highest BCUT2D eigenvalue weighted by Gasteiger charge is 2.53. The van der Waals surface area contributed by atoms with Gasteiger partial charge in [-0.3, -0.25) is 19.3 Å². The third-order valence-electron chi connectivity index (χ3n) is 3.86. The summed E-state index contributed by atoms with van der Waals surface area (Å²) in [6.07, 6.45) is 0. The van der Waals surface area contributed by atoms with Gasteiger partial charge in [0.1, 0.15) is 11.4 Å². The average Bonchev–Trinajstić information content (AvgIpc) is 3.08. The molecular weight excluding hydrogens is 444 g/mol. The van der Waals surface area contributed by atoms with Crippen LogP contribution in [0, 0.1) is 0 Å². The number of nitrogens with two attached hydrogens (primary N) is 1. The maximum atomic E-state index is 12.7. The van der Waals surface area contributed by atoms with E-state index in [1.165, 1.54) is 16.7 Å². The Morgan fingerprint density at radius 2 is 2.21 bits per heavy atom. The molecule has 15 heteroatoms. The number of oxime groups is 1. The van der Waals surface area contributed by atoms with Crippen molar-refractivity contribution >= 4 is 69.7 Å². The number of thiol groups is 1. The Morgan fingerprint density at radius 1 is 1.48 bits per heavy atom. The van der Waals surface area contributed by atoms with Crippen LogP contribution in [0.5, 0.6) is 0 Å². The van der Waals surface area contributed by atoms with Crippen LogP contribution in [0.4, 0.5) is 5.13 Å². The summed E-state index contributed by atoms with van der Waals surface area (Å²) < 4.78 is 3.86. The van der Waals surface area contributed by atoms with Gasteiger partial charge in [-0.2, -0.15) is 9.36 Å². The number of aromatic nitrogens is 2. The number of carboxylic acid groups (broad SMARTS) is 1. The molecule has 1 aromatic rings. The van der Waals surface area contributed by atoms with Crippen molar-refractivity contribution in [3.63, 3.8) is 0 Å². The first-order valence-corrected chi connectivity index (χ1v) is 10.2. The Morgan fingerprint density at radius 3 is 2.79 bits per heavy atom. The fraction of sp³-hybridized carbons (Fsp3) is 0.357. The molecule has 3 rings (SSSR count). The van der Waals surface area contributed by atoms with E-state index in [2.05, 4.69) is 37.3 Å². The molecule has 0 aromatic carbocycles. The summed E-state index contributed by atoms with van der Waals surface area (Å²) in [6, 6.07) is -0.927. The molecule has 0 bridgehead atoms. The summed E-state index contributed by atoms with van der Waals surface area (Å²) in [4.78, 5) is 57.3. The molecule has 0 radical (unpaired) electrons. The molecule has 0 aliphatic carbocycles. The van der Waals surface area contributed by atoms with Crippen LogP contribution >= 0.6 is 35.9 Å². The van der Waals surface area contributed by atoms with Crippen LogP contribution in [0.2, 0.25) is 0 Å². The van der Waals surface area contributed by atoms with Gasteiger partial charge in [0.15, 0.2) is 5.13 Å². The Balaban J connectivity index is 1.78. The lowest BCUT2D eigenvalue weighted by Crippen LogP contribution is -2.70. The zero-order chi connectivity index (χ0) is 21.3. The number of carbonyl (C=O) groups excluding carboxylic acids is 3. The largest absolute Gasteiger partial charge is 0.479 e. The third-order valence-corrected chi connectivity index (χ3v) is 6.04. The Bertz CT molecular complexity index is 959. The van der Waals surface area contributed by atoms with Crippen LogP contribution in [0.25, 0.3) is 0 Å². The number of nitrogen functional groups attached to an aromatic ring is 1. The molecule has 154 valence electrons. The number of carboxylic acids is 1. The predicted molar refractivity (Wildman–Crippen MR) is 106 cm³/mol. The lowest BCUT2D eigenvalue weighted by atomic mass is 10.0. The first-order chi connectivity index (χ1) is 13.7. The highest BCUT2D eigenvalue weighted by atomic mass is 32.2. The molecule has 2 amide bonds. The number of nitrogens with one attached hydrogen (secondary N) is 1. The van der Waals surface area contributed by atoms with Gasteiger partial charge in [0.2, 0.25) is 23.3 Å². The summed E-state index contributed by atoms with van der Waals surface area (Å²) in [5, 5.41) is 13.7. The number of rotatable bonds is 7. The van der Waals surface area contributed by atoms with Crippen molar-refractivity contribution in [2.24, 2.45) is 5.16 Å². The summed E-state index contributed by atoms with van der Waals surface area (Å²) in [5.74, 6) is -2.30. The summed E-state index contributed by atoms with van der Waals surface area (Å²) in [5.41, 5.74) is 6.01.